The second kappa shape index (κ2) is 9.78. The Bertz CT molecular complexity index is 379. The molecule has 0 saturated heterocycles. The molecular weight excluding hydrogens is 250 g/mol. The molecule has 1 aromatic rings. The van der Waals surface area contributed by atoms with Gasteiger partial charge in [-0.15, -0.1) is 0 Å². The van der Waals surface area contributed by atoms with E-state index in [-0.39, 0.29) is 0 Å². The summed E-state index contributed by atoms with van der Waals surface area (Å²) in [6.45, 7) is 9.09. The van der Waals surface area contributed by atoms with Crippen molar-refractivity contribution >= 4 is 0 Å². The number of benzene rings is 1. The van der Waals surface area contributed by atoms with E-state index in [9.17, 15) is 0 Å². The monoisotopic (exact) mass is 279 g/mol. The lowest BCUT2D eigenvalue weighted by Gasteiger charge is -2.19. The summed E-state index contributed by atoms with van der Waals surface area (Å²) in [7, 11) is 1.74. The lowest BCUT2D eigenvalue weighted by atomic mass is 10.0. The molecule has 1 aromatic carbocycles. The molecule has 0 fully saturated rings. The normalized spacial score (nSPS) is 12.4. The number of methoxy groups -OCH3 is 1. The predicted molar refractivity (Wildman–Crippen MR) is 84.5 cm³/mol. The Morgan fingerprint density at radius 1 is 1.20 bits per heavy atom. The van der Waals surface area contributed by atoms with E-state index in [1.165, 1.54) is 11.1 Å². The van der Waals surface area contributed by atoms with Gasteiger partial charge < -0.3 is 14.8 Å². The minimum absolute atomic E-state index is 0.323. The maximum Gasteiger partial charge on any atom is 0.124 e. The van der Waals surface area contributed by atoms with Crippen LogP contribution in [0.5, 0.6) is 5.75 Å². The molecule has 1 atom stereocenters. The number of nitrogens with one attached hydrogen (secondary N) is 1. The Hall–Kier alpha value is -1.06. The van der Waals surface area contributed by atoms with Crippen LogP contribution in [0.1, 0.15) is 50.3 Å². The molecule has 1 rings (SSSR count). The van der Waals surface area contributed by atoms with Gasteiger partial charge in [0.25, 0.3) is 0 Å². The number of ether oxygens (including phenoxy) is 2. The van der Waals surface area contributed by atoms with Crippen molar-refractivity contribution < 1.29 is 9.47 Å². The number of unbranched alkanes of at least 4 members (excludes halogenated alkanes) is 1. The fourth-order valence-corrected chi connectivity index (χ4v) is 2.14. The van der Waals surface area contributed by atoms with Gasteiger partial charge in [0, 0.05) is 25.3 Å². The summed E-state index contributed by atoms with van der Waals surface area (Å²) in [6.07, 6.45) is 3.21. The van der Waals surface area contributed by atoms with E-state index in [2.05, 4.69) is 44.3 Å². The van der Waals surface area contributed by atoms with E-state index in [1.807, 2.05) is 0 Å². The van der Waals surface area contributed by atoms with Crippen LogP contribution in [-0.4, -0.2) is 26.9 Å². The fourth-order valence-electron chi connectivity index (χ4n) is 2.14. The smallest absolute Gasteiger partial charge is 0.124 e. The van der Waals surface area contributed by atoms with Crippen molar-refractivity contribution in [2.45, 2.75) is 46.1 Å². The zero-order chi connectivity index (χ0) is 14.8. The van der Waals surface area contributed by atoms with Gasteiger partial charge in [0.1, 0.15) is 5.75 Å². The van der Waals surface area contributed by atoms with E-state index < -0.39 is 0 Å². The highest BCUT2D eigenvalue weighted by Crippen LogP contribution is 2.26. The molecule has 0 aliphatic carbocycles. The summed E-state index contributed by atoms with van der Waals surface area (Å²) in [5, 5.41) is 3.53. The highest BCUT2D eigenvalue weighted by molar-refractivity contribution is 5.38. The molecule has 0 aliphatic heterocycles. The molecular formula is C17H29NO2. The predicted octanol–water partition coefficient (Wildman–Crippen LogP) is 3.86. The van der Waals surface area contributed by atoms with E-state index >= 15 is 0 Å². The summed E-state index contributed by atoms with van der Waals surface area (Å²) in [5.74, 6) is 1.00. The maximum absolute atomic E-state index is 5.94. The second-order valence-corrected chi connectivity index (χ2v) is 5.27. The second-order valence-electron chi connectivity index (χ2n) is 5.27. The quantitative estimate of drug-likeness (QED) is 0.660. The summed E-state index contributed by atoms with van der Waals surface area (Å²) < 4.78 is 11.0. The van der Waals surface area contributed by atoms with Crippen LogP contribution in [0.2, 0.25) is 0 Å². The first-order chi connectivity index (χ1) is 9.69. The first-order valence-corrected chi connectivity index (χ1v) is 7.64. The Kier molecular flexibility index (Phi) is 8.31. The van der Waals surface area contributed by atoms with E-state index in [1.54, 1.807) is 7.11 Å². The first-order valence-electron chi connectivity index (χ1n) is 7.64. The summed E-state index contributed by atoms with van der Waals surface area (Å²) in [4.78, 5) is 0. The van der Waals surface area contributed by atoms with Crippen molar-refractivity contribution in [1.29, 1.82) is 0 Å². The third-order valence-electron chi connectivity index (χ3n) is 3.33. The third kappa shape index (κ3) is 5.93. The molecule has 3 heteroatoms. The van der Waals surface area contributed by atoms with E-state index in [4.69, 9.17) is 9.47 Å². The molecule has 0 bridgehead atoms. The Morgan fingerprint density at radius 2 is 1.95 bits per heavy atom. The summed E-state index contributed by atoms with van der Waals surface area (Å²) in [6, 6.07) is 6.74. The van der Waals surface area contributed by atoms with Crippen molar-refractivity contribution in [1.82, 2.24) is 5.32 Å². The van der Waals surface area contributed by atoms with Crippen LogP contribution in [0, 0.1) is 6.92 Å². The number of hydrogen-bond acceptors (Lipinski definition) is 3. The molecule has 0 heterocycles. The molecule has 0 saturated carbocycles. The number of hydrogen-bond donors (Lipinski definition) is 1. The molecule has 0 amide bonds. The topological polar surface area (TPSA) is 30.5 Å². The van der Waals surface area contributed by atoms with Crippen molar-refractivity contribution in [3.8, 4) is 5.75 Å². The van der Waals surface area contributed by atoms with Crippen LogP contribution in [0.3, 0.4) is 0 Å². The molecule has 114 valence electrons. The minimum atomic E-state index is 0.323. The molecule has 1 N–H and O–H groups in total. The third-order valence-corrected chi connectivity index (χ3v) is 3.33. The Labute approximate surface area is 123 Å². The number of rotatable bonds is 10. The molecule has 20 heavy (non-hydrogen) atoms. The molecule has 0 aromatic heterocycles. The standard InChI is InChI=1S/C17H29NO2/c1-5-10-18-15(3)16-13-14(2)8-9-17(16)20-12-7-6-11-19-4/h8-9,13,15,18H,5-7,10-12H2,1-4H3. The van der Waals surface area contributed by atoms with Crippen LogP contribution in [-0.2, 0) is 4.74 Å². The zero-order valence-corrected chi connectivity index (χ0v) is 13.4. The van der Waals surface area contributed by atoms with E-state index in [0.717, 1.165) is 44.8 Å². The fraction of sp³-hybridized carbons (Fsp3) is 0.647. The van der Waals surface area contributed by atoms with Gasteiger partial charge in [-0.1, -0.05) is 24.6 Å². The van der Waals surface area contributed by atoms with Crippen molar-refractivity contribution in [3.63, 3.8) is 0 Å². The molecule has 0 spiro atoms. The highest BCUT2D eigenvalue weighted by atomic mass is 16.5. The average Bonchev–Trinajstić information content (AvgIpc) is 2.45. The van der Waals surface area contributed by atoms with Crippen LogP contribution in [0.15, 0.2) is 18.2 Å². The van der Waals surface area contributed by atoms with Gasteiger partial charge in [-0.05, 0) is 45.7 Å². The highest BCUT2D eigenvalue weighted by Gasteiger charge is 2.11. The summed E-state index contributed by atoms with van der Waals surface area (Å²) >= 11 is 0. The zero-order valence-electron chi connectivity index (χ0n) is 13.4. The molecule has 3 nitrogen and oxygen atoms in total. The van der Waals surface area contributed by atoms with Gasteiger partial charge >= 0.3 is 0 Å². The van der Waals surface area contributed by atoms with Crippen molar-refractivity contribution in [2.24, 2.45) is 0 Å². The van der Waals surface area contributed by atoms with Crippen LogP contribution in [0.25, 0.3) is 0 Å². The van der Waals surface area contributed by atoms with E-state index in [0.29, 0.717) is 6.04 Å². The van der Waals surface area contributed by atoms with Gasteiger partial charge in [0.05, 0.1) is 6.61 Å². The van der Waals surface area contributed by atoms with Gasteiger partial charge in [-0.3, -0.25) is 0 Å². The van der Waals surface area contributed by atoms with Gasteiger partial charge in [-0.2, -0.15) is 0 Å². The van der Waals surface area contributed by atoms with Crippen molar-refractivity contribution in [2.75, 3.05) is 26.9 Å². The Morgan fingerprint density at radius 3 is 2.65 bits per heavy atom. The SMILES string of the molecule is CCCNC(C)c1cc(C)ccc1OCCCCOC. The van der Waals surface area contributed by atoms with Crippen LogP contribution >= 0.6 is 0 Å². The molecule has 0 aliphatic rings. The lowest BCUT2D eigenvalue weighted by Crippen LogP contribution is -2.20. The molecule has 0 radical (unpaired) electrons. The maximum atomic E-state index is 5.94. The van der Waals surface area contributed by atoms with Gasteiger partial charge in [-0.25, -0.2) is 0 Å². The van der Waals surface area contributed by atoms with Gasteiger partial charge in [0.2, 0.25) is 0 Å². The van der Waals surface area contributed by atoms with Crippen LogP contribution in [0.4, 0.5) is 0 Å². The lowest BCUT2D eigenvalue weighted by molar-refractivity contribution is 0.184. The largest absolute Gasteiger partial charge is 0.493 e. The van der Waals surface area contributed by atoms with Crippen molar-refractivity contribution in [3.05, 3.63) is 29.3 Å². The van der Waals surface area contributed by atoms with Gasteiger partial charge in [0.15, 0.2) is 0 Å². The number of aryl methyl sites for hydroxylation is 1. The molecule has 1 unspecified atom stereocenters. The summed E-state index contributed by atoms with van der Waals surface area (Å²) in [5.41, 5.74) is 2.53. The van der Waals surface area contributed by atoms with Crippen LogP contribution < -0.4 is 10.1 Å². The Balaban J connectivity index is 2.59. The minimum Gasteiger partial charge on any atom is -0.493 e. The first kappa shape index (κ1) is 17.0. The average molecular weight is 279 g/mol.